The molecule has 19 heavy (non-hydrogen) atoms. The summed E-state index contributed by atoms with van der Waals surface area (Å²) < 4.78 is 9.50. The van der Waals surface area contributed by atoms with Crippen molar-refractivity contribution in [3.8, 4) is 5.75 Å². The number of hydrogen-bond acceptors (Lipinski definition) is 5. The number of amides is 1. The third-order valence-electron chi connectivity index (χ3n) is 2.40. The van der Waals surface area contributed by atoms with E-state index in [2.05, 4.69) is 10.1 Å². The Morgan fingerprint density at radius 1 is 1.21 bits per heavy atom. The number of benzene rings is 1. The molecule has 1 aromatic carbocycles. The fraction of sp³-hybridized carbons (Fsp3) is 0.308. The number of nitrogens with one attached hydrogen (secondary N) is 1. The zero-order valence-corrected chi connectivity index (χ0v) is 10.9. The Bertz CT molecular complexity index is 498. The molecule has 1 atom stereocenters. The zero-order valence-electron chi connectivity index (χ0n) is 10.9. The Hall–Kier alpha value is -2.37. The third kappa shape index (κ3) is 3.80. The van der Waals surface area contributed by atoms with Crippen molar-refractivity contribution in [2.75, 3.05) is 14.2 Å². The number of carbonyl (C=O) groups excluding carboxylic acids is 3. The quantitative estimate of drug-likeness (QED) is 0.478. The number of ketones is 1. The minimum Gasteiger partial charge on any atom is -0.497 e. The first-order valence-corrected chi connectivity index (χ1v) is 5.52. The molecule has 0 bridgehead atoms. The maximum atomic E-state index is 12.2. The minimum atomic E-state index is -1.35. The fourth-order valence-corrected chi connectivity index (χ4v) is 1.50. The third-order valence-corrected chi connectivity index (χ3v) is 2.40. The number of rotatable bonds is 5. The van der Waals surface area contributed by atoms with Crippen molar-refractivity contribution in [2.45, 2.75) is 13.0 Å². The molecule has 0 aliphatic heterocycles. The molecule has 0 aromatic heterocycles. The van der Waals surface area contributed by atoms with E-state index in [4.69, 9.17) is 4.74 Å². The predicted molar refractivity (Wildman–Crippen MR) is 66.9 cm³/mol. The van der Waals surface area contributed by atoms with Crippen molar-refractivity contribution in [2.24, 2.45) is 0 Å². The second-order valence-corrected chi connectivity index (χ2v) is 3.75. The molecule has 0 spiro atoms. The molecular formula is C13H15NO5. The highest BCUT2D eigenvalue weighted by Crippen LogP contribution is 2.14. The molecule has 1 amide bonds. The van der Waals surface area contributed by atoms with Gasteiger partial charge in [-0.1, -0.05) is 12.1 Å². The molecule has 0 radical (unpaired) electrons. The van der Waals surface area contributed by atoms with Crippen LogP contribution in [0.5, 0.6) is 5.75 Å². The summed E-state index contributed by atoms with van der Waals surface area (Å²) in [6, 6.07) is 4.95. The average Bonchev–Trinajstić information content (AvgIpc) is 2.43. The highest BCUT2D eigenvalue weighted by molar-refractivity contribution is 6.13. The van der Waals surface area contributed by atoms with E-state index in [-0.39, 0.29) is 5.56 Å². The van der Waals surface area contributed by atoms with Gasteiger partial charge in [0.25, 0.3) is 0 Å². The molecule has 1 N–H and O–H groups in total. The molecule has 6 nitrogen and oxygen atoms in total. The smallest absolute Gasteiger partial charge is 0.336 e. The van der Waals surface area contributed by atoms with Gasteiger partial charge in [0, 0.05) is 12.5 Å². The average molecular weight is 265 g/mol. The molecule has 1 aromatic rings. The van der Waals surface area contributed by atoms with Crippen molar-refractivity contribution in [1.29, 1.82) is 0 Å². The van der Waals surface area contributed by atoms with E-state index in [1.54, 1.807) is 12.1 Å². The van der Waals surface area contributed by atoms with Crippen LogP contribution < -0.4 is 10.1 Å². The summed E-state index contributed by atoms with van der Waals surface area (Å²) in [6.45, 7) is 1.22. The van der Waals surface area contributed by atoms with Crippen LogP contribution in [-0.4, -0.2) is 37.9 Å². The van der Waals surface area contributed by atoms with E-state index in [1.165, 1.54) is 26.2 Å². The summed E-state index contributed by atoms with van der Waals surface area (Å²) in [5.74, 6) is -1.38. The number of hydrogen-bond donors (Lipinski definition) is 1. The number of Topliss-reactive ketones (excluding diaryl/α,β-unsaturated/α-hetero) is 1. The first-order valence-electron chi connectivity index (χ1n) is 5.52. The van der Waals surface area contributed by atoms with Gasteiger partial charge in [0.05, 0.1) is 14.2 Å². The van der Waals surface area contributed by atoms with Gasteiger partial charge in [-0.15, -0.1) is 0 Å². The maximum absolute atomic E-state index is 12.2. The Labute approximate surface area is 110 Å². The van der Waals surface area contributed by atoms with Gasteiger partial charge in [-0.3, -0.25) is 9.59 Å². The molecule has 0 fully saturated rings. The van der Waals surface area contributed by atoms with Gasteiger partial charge in [-0.2, -0.15) is 0 Å². The van der Waals surface area contributed by atoms with E-state index in [0.717, 1.165) is 7.11 Å². The van der Waals surface area contributed by atoms with Crippen LogP contribution in [0.3, 0.4) is 0 Å². The molecule has 0 heterocycles. The van der Waals surface area contributed by atoms with Gasteiger partial charge in [0.2, 0.25) is 5.91 Å². The van der Waals surface area contributed by atoms with Gasteiger partial charge < -0.3 is 14.8 Å². The van der Waals surface area contributed by atoms with Crippen LogP contribution >= 0.6 is 0 Å². The lowest BCUT2D eigenvalue weighted by molar-refractivity contribution is -0.143. The standard InChI is InChI=1S/C13H15NO5/c1-8(15)14-11(13(17)19-3)12(16)9-5-4-6-10(7-9)18-2/h4-7,11H,1-3H3,(H,14,15). The van der Waals surface area contributed by atoms with Crippen LogP contribution in [0.15, 0.2) is 24.3 Å². The summed E-state index contributed by atoms with van der Waals surface area (Å²) in [7, 11) is 2.62. The van der Waals surface area contributed by atoms with E-state index in [1.807, 2.05) is 0 Å². The lowest BCUT2D eigenvalue weighted by atomic mass is 10.0. The molecule has 1 unspecified atom stereocenters. The molecule has 1 rings (SSSR count). The normalized spacial score (nSPS) is 11.3. The largest absolute Gasteiger partial charge is 0.497 e. The topological polar surface area (TPSA) is 81.7 Å². The highest BCUT2D eigenvalue weighted by Gasteiger charge is 2.29. The van der Waals surface area contributed by atoms with Crippen LogP contribution in [0.4, 0.5) is 0 Å². The molecule has 0 aliphatic carbocycles. The van der Waals surface area contributed by atoms with E-state index in [9.17, 15) is 14.4 Å². The molecule has 102 valence electrons. The number of ether oxygens (including phenoxy) is 2. The lowest BCUT2D eigenvalue weighted by Crippen LogP contribution is -2.46. The van der Waals surface area contributed by atoms with Crippen molar-refractivity contribution in [1.82, 2.24) is 5.32 Å². The number of esters is 1. The van der Waals surface area contributed by atoms with Gasteiger partial charge in [-0.05, 0) is 12.1 Å². The number of carbonyl (C=O) groups is 3. The van der Waals surface area contributed by atoms with Crippen LogP contribution in [-0.2, 0) is 14.3 Å². The SMILES string of the molecule is COC(=O)C(NC(C)=O)C(=O)c1cccc(OC)c1. The lowest BCUT2D eigenvalue weighted by Gasteiger charge is -2.14. The summed E-state index contributed by atoms with van der Waals surface area (Å²) in [4.78, 5) is 34.7. The monoisotopic (exact) mass is 265 g/mol. The van der Waals surface area contributed by atoms with Crippen LogP contribution in [0.1, 0.15) is 17.3 Å². The van der Waals surface area contributed by atoms with Gasteiger partial charge in [0.1, 0.15) is 5.75 Å². The van der Waals surface area contributed by atoms with Crippen molar-refractivity contribution < 1.29 is 23.9 Å². The van der Waals surface area contributed by atoms with Gasteiger partial charge in [-0.25, -0.2) is 4.79 Å². The maximum Gasteiger partial charge on any atom is 0.336 e. The molecule has 0 saturated carbocycles. The number of methoxy groups -OCH3 is 2. The summed E-state index contributed by atoms with van der Waals surface area (Å²) in [5, 5.41) is 2.26. The first-order chi connectivity index (χ1) is 8.99. The molecule has 6 heteroatoms. The van der Waals surface area contributed by atoms with Crippen molar-refractivity contribution >= 4 is 17.7 Å². The zero-order chi connectivity index (χ0) is 14.4. The summed E-state index contributed by atoms with van der Waals surface area (Å²) in [5.41, 5.74) is 0.253. The Balaban J connectivity index is 3.04. The summed E-state index contributed by atoms with van der Waals surface area (Å²) >= 11 is 0. The Kier molecular flexibility index (Phi) is 5.05. The highest BCUT2D eigenvalue weighted by atomic mass is 16.5. The van der Waals surface area contributed by atoms with Crippen LogP contribution in [0.25, 0.3) is 0 Å². The second kappa shape index (κ2) is 6.53. The van der Waals surface area contributed by atoms with E-state index >= 15 is 0 Å². The van der Waals surface area contributed by atoms with Crippen molar-refractivity contribution in [3.05, 3.63) is 29.8 Å². The second-order valence-electron chi connectivity index (χ2n) is 3.75. The van der Waals surface area contributed by atoms with Gasteiger partial charge in [0.15, 0.2) is 11.8 Å². The van der Waals surface area contributed by atoms with Crippen LogP contribution in [0.2, 0.25) is 0 Å². The fourth-order valence-electron chi connectivity index (χ4n) is 1.50. The summed E-state index contributed by atoms with van der Waals surface area (Å²) in [6.07, 6.45) is 0. The molecular weight excluding hydrogens is 250 g/mol. The molecule has 0 saturated heterocycles. The Morgan fingerprint density at radius 2 is 1.89 bits per heavy atom. The Morgan fingerprint density at radius 3 is 2.42 bits per heavy atom. The first kappa shape index (κ1) is 14.7. The molecule has 0 aliphatic rings. The van der Waals surface area contributed by atoms with E-state index in [0.29, 0.717) is 5.75 Å². The van der Waals surface area contributed by atoms with Crippen LogP contribution in [0, 0.1) is 0 Å². The van der Waals surface area contributed by atoms with Gasteiger partial charge >= 0.3 is 5.97 Å². The van der Waals surface area contributed by atoms with Crippen molar-refractivity contribution in [3.63, 3.8) is 0 Å². The minimum absolute atomic E-state index is 0.253. The van der Waals surface area contributed by atoms with E-state index < -0.39 is 23.7 Å². The predicted octanol–water partition coefficient (Wildman–Crippen LogP) is 0.556.